The van der Waals surface area contributed by atoms with E-state index in [4.69, 9.17) is 0 Å². The summed E-state index contributed by atoms with van der Waals surface area (Å²) in [5.74, 6) is 0.0650. The van der Waals surface area contributed by atoms with Gasteiger partial charge in [0, 0.05) is 40.2 Å². The summed E-state index contributed by atoms with van der Waals surface area (Å²) < 4.78 is 4.13. The molecule has 0 fully saturated rings. The van der Waals surface area contributed by atoms with E-state index in [2.05, 4.69) is 11.6 Å². The molecule has 8 nitrogen and oxygen atoms in total. The smallest absolute Gasteiger partial charge is 0.332 e. The van der Waals surface area contributed by atoms with Crippen molar-refractivity contribution in [3.63, 3.8) is 0 Å². The Morgan fingerprint density at radius 2 is 1.96 bits per heavy atom. The van der Waals surface area contributed by atoms with Crippen LogP contribution in [0.5, 0.6) is 0 Å². The van der Waals surface area contributed by atoms with Crippen molar-refractivity contribution >= 4 is 17.1 Å². The van der Waals surface area contributed by atoms with Crippen molar-refractivity contribution < 1.29 is 4.79 Å². The molecule has 0 saturated heterocycles. The molecule has 0 radical (unpaired) electrons. The lowest BCUT2D eigenvalue weighted by atomic mass is 10.2. The van der Waals surface area contributed by atoms with Crippen LogP contribution in [0, 0.1) is 0 Å². The van der Waals surface area contributed by atoms with Gasteiger partial charge < -0.3 is 9.47 Å². The van der Waals surface area contributed by atoms with Crippen LogP contribution < -0.4 is 11.2 Å². The highest BCUT2D eigenvalue weighted by Crippen LogP contribution is 2.08. The second kappa shape index (κ2) is 7.50. The number of amides is 1. The number of carbonyl (C=O) groups excluding carboxylic acids is 1. The molecule has 0 aliphatic rings. The monoisotopic (exact) mass is 347 g/mol. The number of hydrogen-bond donors (Lipinski definition) is 0. The van der Waals surface area contributed by atoms with Gasteiger partial charge >= 0.3 is 5.69 Å². The van der Waals surface area contributed by atoms with Crippen LogP contribution in [-0.2, 0) is 25.4 Å². The van der Waals surface area contributed by atoms with Crippen LogP contribution in [-0.4, -0.2) is 42.6 Å². The highest BCUT2D eigenvalue weighted by Gasteiger charge is 2.15. The molecule has 0 bridgehead atoms. The average molecular weight is 347 g/mol. The zero-order valence-corrected chi connectivity index (χ0v) is 15.3. The number of carbonyl (C=O) groups is 1. The predicted octanol–water partition coefficient (Wildman–Crippen LogP) is 0.639. The first-order chi connectivity index (χ1) is 11.8. The number of rotatable bonds is 7. The fraction of sp³-hybridized carbons (Fsp3) is 0.529. The number of aryl methyl sites for hydroxylation is 2. The van der Waals surface area contributed by atoms with Crippen LogP contribution in [0.15, 0.2) is 28.1 Å². The van der Waals surface area contributed by atoms with Gasteiger partial charge in [-0.1, -0.05) is 12.2 Å². The highest BCUT2D eigenvalue weighted by molar-refractivity contribution is 5.76. The minimum atomic E-state index is -0.406. The molecule has 0 N–H and O–H groups in total. The lowest BCUT2D eigenvalue weighted by Crippen LogP contribution is -2.37. The molecule has 136 valence electrons. The summed E-state index contributed by atoms with van der Waals surface area (Å²) >= 11 is 0. The molecule has 2 aromatic rings. The van der Waals surface area contributed by atoms with E-state index in [9.17, 15) is 14.4 Å². The van der Waals surface area contributed by atoms with Crippen molar-refractivity contribution in [2.75, 3.05) is 13.1 Å². The van der Waals surface area contributed by atoms with E-state index >= 15 is 0 Å². The van der Waals surface area contributed by atoms with Crippen molar-refractivity contribution in [2.45, 2.75) is 33.2 Å². The van der Waals surface area contributed by atoms with Gasteiger partial charge in [0.1, 0.15) is 0 Å². The Kier molecular flexibility index (Phi) is 5.61. The molecule has 0 atom stereocenters. The fourth-order valence-corrected chi connectivity index (χ4v) is 2.83. The summed E-state index contributed by atoms with van der Waals surface area (Å²) in [4.78, 5) is 42.5. The number of hydrogen-bond acceptors (Lipinski definition) is 4. The summed E-state index contributed by atoms with van der Waals surface area (Å²) in [5, 5.41) is 0. The van der Waals surface area contributed by atoms with Crippen LogP contribution in [0.3, 0.4) is 0 Å². The largest absolute Gasteiger partial charge is 0.339 e. The van der Waals surface area contributed by atoms with Gasteiger partial charge in [0.25, 0.3) is 5.56 Å². The van der Waals surface area contributed by atoms with Crippen LogP contribution >= 0.6 is 0 Å². The summed E-state index contributed by atoms with van der Waals surface area (Å²) in [5.41, 5.74) is 0.902. The van der Waals surface area contributed by atoms with Crippen LogP contribution in [0.2, 0.25) is 0 Å². The molecule has 0 aliphatic heterocycles. The third-order valence-corrected chi connectivity index (χ3v) is 4.20. The van der Waals surface area contributed by atoms with E-state index in [0.29, 0.717) is 43.6 Å². The van der Waals surface area contributed by atoms with E-state index in [1.54, 1.807) is 22.8 Å². The fourth-order valence-electron chi connectivity index (χ4n) is 2.83. The molecule has 2 aromatic heterocycles. The number of aromatic nitrogens is 4. The van der Waals surface area contributed by atoms with E-state index in [0.717, 1.165) is 10.1 Å². The Balaban J connectivity index is 2.15. The van der Waals surface area contributed by atoms with Gasteiger partial charge in [0.05, 0.1) is 6.33 Å². The maximum atomic E-state index is 12.4. The van der Waals surface area contributed by atoms with E-state index in [1.807, 2.05) is 13.8 Å². The normalized spacial score (nSPS) is 11.0. The first-order valence-electron chi connectivity index (χ1n) is 8.30. The van der Waals surface area contributed by atoms with Gasteiger partial charge in [0.15, 0.2) is 11.2 Å². The summed E-state index contributed by atoms with van der Waals surface area (Å²) in [6.07, 6.45) is 2.51. The predicted molar refractivity (Wildman–Crippen MR) is 96.5 cm³/mol. The minimum Gasteiger partial charge on any atom is -0.339 e. The third kappa shape index (κ3) is 3.72. The van der Waals surface area contributed by atoms with Gasteiger partial charge in [-0.25, -0.2) is 9.78 Å². The third-order valence-electron chi connectivity index (χ3n) is 4.20. The highest BCUT2D eigenvalue weighted by atomic mass is 16.2. The summed E-state index contributed by atoms with van der Waals surface area (Å²) in [7, 11) is 3.03. The van der Waals surface area contributed by atoms with Crippen LogP contribution in [0.1, 0.15) is 26.7 Å². The molecule has 25 heavy (non-hydrogen) atoms. The number of likely N-dealkylation sites (N-methyl/N-ethyl adjacent to an activating group) is 1. The van der Waals surface area contributed by atoms with Gasteiger partial charge in [-0.2, -0.15) is 0 Å². The van der Waals surface area contributed by atoms with Crippen molar-refractivity contribution in [2.24, 2.45) is 14.1 Å². The second-order valence-electron chi connectivity index (χ2n) is 6.28. The van der Waals surface area contributed by atoms with Gasteiger partial charge in [-0.3, -0.25) is 18.7 Å². The van der Waals surface area contributed by atoms with Crippen molar-refractivity contribution in [3.05, 3.63) is 39.3 Å². The van der Waals surface area contributed by atoms with Crippen molar-refractivity contribution in [1.82, 2.24) is 23.6 Å². The number of imidazole rings is 1. The molecule has 0 spiro atoms. The molecule has 1 amide bonds. The van der Waals surface area contributed by atoms with Gasteiger partial charge in [0.2, 0.25) is 5.91 Å². The maximum Gasteiger partial charge on any atom is 0.332 e. The molecule has 0 unspecified atom stereocenters. The van der Waals surface area contributed by atoms with E-state index < -0.39 is 5.69 Å². The first-order valence-corrected chi connectivity index (χ1v) is 8.30. The second-order valence-corrected chi connectivity index (χ2v) is 6.28. The molecule has 2 rings (SSSR count). The standard InChI is InChI=1S/C17H25N5O3/c1-6-21(10-12(2)3)13(23)8-7-9-22-11-18-15-14(22)16(24)20(5)17(25)19(15)4/h11H,2,6-10H2,1,3-5H3. The minimum absolute atomic E-state index is 0.0650. The van der Waals surface area contributed by atoms with Gasteiger partial charge in [-0.15, -0.1) is 0 Å². The molecular formula is C17H25N5O3. The molecule has 0 aromatic carbocycles. The first kappa shape index (κ1) is 18.7. The Morgan fingerprint density at radius 3 is 2.56 bits per heavy atom. The van der Waals surface area contributed by atoms with Crippen molar-refractivity contribution in [3.8, 4) is 0 Å². The lowest BCUT2D eigenvalue weighted by Gasteiger charge is -2.21. The quantitative estimate of drug-likeness (QED) is 0.688. The summed E-state index contributed by atoms with van der Waals surface area (Å²) in [6, 6.07) is 0. The topological polar surface area (TPSA) is 82.1 Å². The maximum absolute atomic E-state index is 12.4. The molecule has 0 saturated carbocycles. The van der Waals surface area contributed by atoms with E-state index in [1.165, 1.54) is 11.6 Å². The van der Waals surface area contributed by atoms with Crippen molar-refractivity contribution in [1.29, 1.82) is 0 Å². The lowest BCUT2D eigenvalue weighted by molar-refractivity contribution is -0.130. The number of fused-ring (bicyclic) bond motifs is 1. The molecule has 2 heterocycles. The van der Waals surface area contributed by atoms with Crippen LogP contribution in [0.4, 0.5) is 0 Å². The molecular weight excluding hydrogens is 322 g/mol. The Hall–Kier alpha value is -2.64. The zero-order chi connectivity index (χ0) is 18.7. The zero-order valence-electron chi connectivity index (χ0n) is 15.3. The Bertz CT molecular complexity index is 919. The summed E-state index contributed by atoms with van der Waals surface area (Å²) in [6.45, 7) is 9.37. The molecule has 0 aliphatic carbocycles. The molecule has 8 heteroatoms. The van der Waals surface area contributed by atoms with E-state index in [-0.39, 0.29) is 11.5 Å². The van der Waals surface area contributed by atoms with Gasteiger partial charge in [-0.05, 0) is 20.3 Å². The number of nitrogens with zero attached hydrogens (tertiary/aromatic N) is 5. The SMILES string of the molecule is C=C(C)CN(CC)C(=O)CCCn1cnc2c1c(=O)n(C)c(=O)n2C. The Morgan fingerprint density at radius 1 is 1.28 bits per heavy atom. The average Bonchev–Trinajstić information content (AvgIpc) is 2.99. The Labute approximate surface area is 146 Å². The van der Waals surface area contributed by atoms with Crippen LogP contribution in [0.25, 0.3) is 11.2 Å².